The van der Waals surface area contributed by atoms with Gasteiger partial charge in [-0.25, -0.2) is 0 Å². The molecular weight excluding hydrogens is 316 g/mol. The lowest BCUT2D eigenvalue weighted by Crippen LogP contribution is -2.52. The molecule has 1 aliphatic rings. The number of benzene rings is 1. The highest BCUT2D eigenvalue weighted by Gasteiger charge is 2.29. The lowest BCUT2D eigenvalue weighted by Gasteiger charge is -2.38. The smallest absolute Gasteiger partial charge is 0.260 e. The third-order valence-corrected chi connectivity index (χ3v) is 4.08. The fourth-order valence-electron chi connectivity index (χ4n) is 2.85. The van der Waals surface area contributed by atoms with Crippen molar-refractivity contribution in [2.75, 3.05) is 13.2 Å². The summed E-state index contributed by atoms with van der Waals surface area (Å²) in [6.07, 6.45) is 3.06. The molecule has 1 fully saturated rings. The standard InChI is InChI=1S/C17H24N2O3.ClH/c1-12(18)16-8-3-4-9-19(16)17(21)11-22-15-7-5-6-14(10-15)13(2)20;/h5-7,10,12,16H,3-4,8-9,11,18H2,1-2H3;1H. The Morgan fingerprint density at radius 1 is 1.39 bits per heavy atom. The Hall–Kier alpha value is -1.59. The highest BCUT2D eigenvalue weighted by molar-refractivity contribution is 5.94. The van der Waals surface area contributed by atoms with E-state index in [1.807, 2.05) is 11.8 Å². The number of carbonyl (C=O) groups excluding carboxylic acids is 2. The number of ether oxygens (including phenoxy) is 1. The van der Waals surface area contributed by atoms with Crippen molar-refractivity contribution in [1.82, 2.24) is 4.90 Å². The van der Waals surface area contributed by atoms with Gasteiger partial charge in [-0.15, -0.1) is 12.4 Å². The zero-order chi connectivity index (χ0) is 16.1. The number of Topliss-reactive ketones (excluding diaryl/α,β-unsaturated/α-hetero) is 1. The first kappa shape index (κ1) is 19.5. The number of likely N-dealkylation sites (tertiary alicyclic amines) is 1. The molecule has 23 heavy (non-hydrogen) atoms. The lowest BCUT2D eigenvalue weighted by atomic mass is 9.97. The zero-order valence-electron chi connectivity index (χ0n) is 13.7. The van der Waals surface area contributed by atoms with Gasteiger partial charge >= 0.3 is 0 Å². The third-order valence-electron chi connectivity index (χ3n) is 4.08. The summed E-state index contributed by atoms with van der Waals surface area (Å²) < 4.78 is 5.56. The monoisotopic (exact) mass is 340 g/mol. The molecular formula is C17H25ClN2O3. The number of nitrogens with two attached hydrogens (primary N) is 1. The fraction of sp³-hybridized carbons (Fsp3) is 0.529. The molecule has 1 heterocycles. The van der Waals surface area contributed by atoms with Crippen LogP contribution < -0.4 is 10.5 Å². The largest absolute Gasteiger partial charge is 0.484 e. The maximum absolute atomic E-state index is 12.4. The minimum Gasteiger partial charge on any atom is -0.484 e. The van der Waals surface area contributed by atoms with E-state index in [0.717, 1.165) is 25.8 Å². The summed E-state index contributed by atoms with van der Waals surface area (Å²) in [6, 6.07) is 6.95. The van der Waals surface area contributed by atoms with Crippen LogP contribution in [0.2, 0.25) is 0 Å². The van der Waals surface area contributed by atoms with Crippen LogP contribution in [0, 0.1) is 0 Å². The Morgan fingerprint density at radius 3 is 2.78 bits per heavy atom. The fourth-order valence-corrected chi connectivity index (χ4v) is 2.85. The van der Waals surface area contributed by atoms with Crippen LogP contribution in [0.15, 0.2) is 24.3 Å². The van der Waals surface area contributed by atoms with Crippen molar-refractivity contribution in [3.05, 3.63) is 29.8 Å². The number of hydrogen-bond donors (Lipinski definition) is 1. The number of amides is 1. The number of ketones is 1. The summed E-state index contributed by atoms with van der Waals surface area (Å²) in [4.78, 5) is 25.6. The van der Waals surface area contributed by atoms with Crippen molar-refractivity contribution < 1.29 is 14.3 Å². The maximum atomic E-state index is 12.4. The van der Waals surface area contributed by atoms with E-state index in [-0.39, 0.29) is 42.8 Å². The Bertz CT molecular complexity index is 548. The van der Waals surface area contributed by atoms with E-state index < -0.39 is 0 Å². The molecule has 0 aromatic heterocycles. The van der Waals surface area contributed by atoms with Crippen LogP contribution in [-0.2, 0) is 4.79 Å². The summed E-state index contributed by atoms with van der Waals surface area (Å²) in [5.41, 5.74) is 6.56. The van der Waals surface area contributed by atoms with Crippen LogP contribution in [-0.4, -0.2) is 41.8 Å². The molecule has 1 aromatic rings. The van der Waals surface area contributed by atoms with Crippen LogP contribution in [0.3, 0.4) is 0 Å². The predicted molar refractivity (Wildman–Crippen MR) is 92.2 cm³/mol. The lowest BCUT2D eigenvalue weighted by molar-refractivity contribution is -0.137. The highest BCUT2D eigenvalue weighted by atomic mass is 35.5. The van der Waals surface area contributed by atoms with Crippen LogP contribution in [0.4, 0.5) is 0 Å². The number of nitrogens with zero attached hydrogens (tertiary/aromatic N) is 1. The molecule has 0 bridgehead atoms. The zero-order valence-corrected chi connectivity index (χ0v) is 14.5. The normalized spacial score (nSPS) is 18.7. The predicted octanol–water partition coefficient (Wildman–Crippen LogP) is 2.42. The molecule has 2 unspecified atom stereocenters. The van der Waals surface area contributed by atoms with E-state index in [1.165, 1.54) is 6.92 Å². The van der Waals surface area contributed by atoms with Gasteiger partial charge in [0.05, 0.1) is 0 Å². The van der Waals surface area contributed by atoms with Crippen molar-refractivity contribution in [3.63, 3.8) is 0 Å². The van der Waals surface area contributed by atoms with Crippen LogP contribution in [0.25, 0.3) is 0 Å². The summed E-state index contributed by atoms with van der Waals surface area (Å²) >= 11 is 0. The van der Waals surface area contributed by atoms with Gasteiger partial charge in [-0.3, -0.25) is 9.59 Å². The molecule has 128 valence electrons. The summed E-state index contributed by atoms with van der Waals surface area (Å²) in [6.45, 7) is 4.16. The van der Waals surface area contributed by atoms with Gasteiger partial charge < -0.3 is 15.4 Å². The van der Waals surface area contributed by atoms with E-state index in [1.54, 1.807) is 24.3 Å². The second-order valence-electron chi connectivity index (χ2n) is 5.88. The van der Waals surface area contributed by atoms with Gasteiger partial charge in [0.15, 0.2) is 12.4 Å². The number of halogens is 1. The molecule has 1 saturated heterocycles. The molecule has 2 rings (SSSR count). The van der Waals surface area contributed by atoms with Crippen molar-refractivity contribution in [1.29, 1.82) is 0 Å². The number of piperidine rings is 1. The molecule has 0 saturated carbocycles. The molecule has 1 aromatic carbocycles. The first-order chi connectivity index (χ1) is 10.5. The Kier molecular flexibility index (Phi) is 7.52. The first-order valence-electron chi connectivity index (χ1n) is 7.78. The number of hydrogen-bond acceptors (Lipinski definition) is 4. The molecule has 2 N–H and O–H groups in total. The average Bonchev–Trinajstić information content (AvgIpc) is 2.52. The first-order valence-corrected chi connectivity index (χ1v) is 7.78. The number of carbonyl (C=O) groups is 2. The van der Waals surface area contributed by atoms with Gasteiger partial charge in [0.25, 0.3) is 5.91 Å². The van der Waals surface area contributed by atoms with Gasteiger partial charge in [-0.2, -0.15) is 0 Å². The Labute approximate surface area is 143 Å². The van der Waals surface area contributed by atoms with Crippen LogP contribution in [0.5, 0.6) is 5.75 Å². The SMILES string of the molecule is CC(=O)c1cccc(OCC(=O)N2CCCCC2C(C)N)c1.Cl. The molecule has 0 radical (unpaired) electrons. The molecule has 2 atom stereocenters. The van der Waals surface area contributed by atoms with Gasteiger partial charge in [0, 0.05) is 24.2 Å². The van der Waals surface area contributed by atoms with E-state index in [9.17, 15) is 9.59 Å². The molecule has 1 amide bonds. The van der Waals surface area contributed by atoms with Crippen molar-refractivity contribution in [3.8, 4) is 5.75 Å². The quantitative estimate of drug-likeness (QED) is 0.835. The van der Waals surface area contributed by atoms with Crippen molar-refractivity contribution in [2.24, 2.45) is 5.73 Å². The molecule has 0 spiro atoms. The van der Waals surface area contributed by atoms with Gasteiger partial charge in [0.2, 0.25) is 0 Å². The number of rotatable bonds is 5. The third kappa shape index (κ3) is 5.22. The topological polar surface area (TPSA) is 72.6 Å². The summed E-state index contributed by atoms with van der Waals surface area (Å²) in [7, 11) is 0. The van der Waals surface area contributed by atoms with Crippen molar-refractivity contribution in [2.45, 2.75) is 45.2 Å². The van der Waals surface area contributed by atoms with E-state index in [4.69, 9.17) is 10.5 Å². The minimum absolute atomic E-state index is 0. The van der Waals surface area contributed by atoms with E-state index >= 15 is 0 Å². The van der Waals surface area contributed by atoms with Crippen LogP contribution in [0.1, 0.15) is 43.5 Å². The summed E-state index contributed by atoms with van der Waals surface area (Å²) in [5.74, 6) is 0.468. The van der Waals surface area contributed by atoms with Crippen molar-refractivity contribution >= 4 is 24.1 Å². The minimum atomic E-state index is -0.0461. The second kappa shape index (κ2) is 8.89. The average molecular weight is 341 g/mol. The second-order valence-corrected chi connectivity index (χ2v) is 5.88. The Balaban J connectivity index is 0.00000264. The van der Waals surface area contributed by atoms with Gasteiger partial charge in [-0.05, 0) is 45.2 Å². The van der Waals surface area contributed by atoms with Gasteiger partial charge in [-0.1, -0.05) is 12.1 Å². The van der Waals surface area contributed by atoms with Gasteiger partial charge in [0.1, 0.15) is 5.75 Å². The molecule has 0 aliphatic carbocycles. The van der Waals surface area contributed by atoms with E-state index in [2.05, 4.69) is 0 Å². The Morgan fingerprint density at radius 2 is 2.13 bits per heavy atom. The summed E-state index contributed by atoms with van der Waals surface area (Å²) in [5, 5.41) is 0. The molecule has 5 nitrogen and oxygen atoms in total. The van der Waals surface area contributed by atoms with Crippen LogP contribution >= 0.6 is 12.4 Å². The molecule has 6 heteroatoms. The maximum Gasteiger partial charge on any atom is 0.260 e. The van der Waals surface area contributed by atoms with E-state index in [0.29, 0.717) is 11.3 Å². The highest BCUT2D eigenvalue weighted by Crippen LogP contribution is 2.20. The molecule has 1 aliphatic heterocycles.